The highest BCUT2D eigenvalue weighted by atomic mass is 35.5. The molecule has 0 aromatic heterocycles. The molecular weight excluding hydrogens is 360 g/mol. The van der Waals surface area contributed by atoms with Gasteiger partial charge in [-0.1, -0.05) is 69.6 Å². The van der Waals surface area contributed by atoms with Crippen LogP contribution in [0.1, 0.15) is 98.6 Å². The minimum absolute atomic E-state index is 0.599. The van der Waals surface area contributed by atoms with Gasteiger partial charge in [-0.05, 0) is 102 Å². The van der Waals surface area contributed by atoms with Gasteiger partial charge >= 0.3 is 0 Å². The predicted molar refractivity (Wildman–Crippen MR) is 122 cm³/mol. The first-order valence-corrected chi connectivity index (χ1v) is 11.8. The van der Waals surface area contributed by atoms with Crippen LogP contribution in [-0.4, -0.2) is 0 Å². The van der Waals surface area contributed by atoms with Crippen molar-refractivity contribution in [1.82, 2.24) is 0 Å². The van der Waals surface area contributed by atoms with E-state index in [0.717, 1.165) is 35.6 Å². The normalized spacial score (nSPS) is 27.0. The van der Waals surface area contributed by atoms with Crippen molar-refractivity contribution in [2.24, 2.45) is 11.8 Å². The molecule has 2 aromatic rings. The van der Waals surface area contributed by atoms with E-state index in [-0.39, 0.29) is 0 Å². The number of hydrogen-bond donors (Lipinski definition) is 0. The highest BCUT2D eigenvalue weighted by Gasteiger charge is 2.32. The second kappa shape index (κ2) is 8.23. The van der Waals surface area contributed by atoms with Crippen LogP contribution in [-0.2, 0) is 19.3 Å². The molecule has 1 fully saturated rings. The Balaban J connectivity index is 1.73. The lowest BCUT2D eigenvalue weighted by Crippen LogP contribution is -2.19. The van der Waals surface area contributed by atoms with Crippen LogP contribution < -0.4 is 0 Å². The summed E-state index contributed by atoms with van der Waals surface area (Å²) < 4.78 is 0. The van der Waals surface area contributed by atoms with Gasteiger partial charge in [-0.2, -0.15) is 0 Å². The monoisotopic (exact) mass is 394 g/mol. The first-order chi connectivity index (χ1) is 13.5. The highest BCUT2D eigenvalue weighted by Crippen LogP contribution is 2.47. The van der Waals surface area contributed by atoms with E-state index in [9.17, 15) is 0 Å². The summed E-state index contributed by atoms with van der Waals surface area (Å²) in [7, 11) is 0. The van der Waals surface area contributed by atoms with Crippen LogP contribution in [0.4, 0.5) is 0 Å². The van der Waals surface area contributed by atoms with Gasteiger partial charge in [0.2, 0.25) is 0 Å². The first kappa shape index (κ1) is 20.0. The van der Waals surface area contributed by atoms with Crippen LogP contribution >= 0.6 is 11.6 Å². The predicted octanol–water partition coefficient (Wildman–Crippen LogP) is 8.08. The van der Waals surface area contributed by atoms with Crippen molar-refractivity contribution in [3.8, 4) is 0 Å². The molecule has 150 valence electrons. The summed E-state index contributed by atoms with van der Waals surface area (Å²) in [6, 6.07) is 11.6. The lowest BCUT2D eigenvalue weighted by Gasteiger charge is -2.33. The average Bonchev–Trinajstić information content (AvgIpc) is 3.06. The summed E-state index contributed by atoms with van der Waals surface area (Å²) in [6.07, 6.45) is 8.60. The van der Waals surface area contributed by atoms with Gasteiger partial charge in [-0.3, -0.25) is 0 Å². The van der Waals surface area contributed by atoms with Crippen molar-refractivity contribution in [3.63, 3.8) is 0 Å². The molecule has 2 aliphatic rings. The van der Waals surface area contributed by atoms with Crippen LogP contribution in [0.15, 0.2) is 30.3 Å². The van der Waals surface area contributed by atoms with Gasteiger partial charge < -0.3 is 0 Å². The Labute approximate surface area is 176 Å². The van der Waals surface area contributed by atoms with Gasteiger partial charge in [0.1, 0.15) is 0 Å². The molecule has 0 saturated heterocycles. The van der Waals surface area contributed by atoms with E-state index in [1.807, 2.05) is 0 Å². The van der Waals surface area contributed by atoms with E-state index in [1.165, 1.54) is 54.4 Å². The van der Waals surface area contributed by atoms with Crippen LogP contribution in [0.25, 0.3) is 0 Å². The number of halogens is 1. The quantitative estimate of drug-likeness (QED) is 0.491. The second-order valence-corrected chi connectivity index (χ2v) is 10.1. The number of hydrogen-bond acceptors (Lipinski definition) is 0. The van der Waals surface area contributed by atoms with Crippen molar-refractivity contribution in [3.05, 3.63) is 68.7 Å². The highest BCUT2D eigenvalue weighted by molar-refractivity contribution is 6.32. The molecule has 28 heavy (non-hydrogen) atoms. The summed E-state index contributed by atoms with van der Waals surface area (Å²) in [5.41, 5.74) is 8.85. The van der Waals surface area contributed by atoms with Gasteiger partial charge in [0.15, 0.2) is 0 Å². The summed E-state index contributed by atoms with van der Waals surface area (Å²) in [5.74, 6) is 2.99. The van der Waals surface area contributed by atoms with E-state index in [0.29, 0.717) is 5.92 Å². The Morgan fingerprint density at radius 3 is 2.21 bits per heavy atom. The number of aryl methyl sites for hydroxylation is 1. The Hall–Kier alpha value is -1.27. The molecule has 4 rings (SSSR count). The fourth-order valence-corrected chi connectivity index (χ4v) is 6.33. The molecule has 0 spiro atoms. The maximum absolute atomic E-state index is 7.03. The average molecular weight is 395 g/mol. The topological polar surface area (TPSA) is 0 Å². The molecule has 0 N–H and O–H groups in total. The van der Waals surface area contributed by atoms with Crippen LogP contribution in [0.2, 0.25) is 5.02 Å². The van der Waals surface area contributed by atoms with Crippen molar-refractivity contribution >= 4 is 11.6 Å². The van der Waals surface area contributed by atoms with Gasteiger partial charge in [0, 0.05) is 5.02 Å². The van der Waals surface area contributed by atoms with Crippen LogP contribution in [0.5, 0.6) is 0 Å². The van der Waals surface area contributed by atoms with Gasteiger partial charge in [-0.25, -0.2) is 0 Å². The van der Waals surface area contributed by atoms with E-state index in [2.05, 4.69) is 58.0 Å². The molecule has 1 saturated carbocycles. The van der Waals surface area contributed by atoms with Crippen LogP contribution in [0.3, 0.4) is 0 Å². The maximum atomic E-state index is 7.03. The molecule has 1 heteroatoms. The molecule has 0 amide bonds. The Kier molecular flexibility index (Phi) is 5.88. The number of rotatable bonds is 4. The molecule has 0 nitrogen and oxygen atoms in total. The summed E-state index contributed by atoms with van der Waals surface area (Å²) in [4.78, 5) is 0. The van der Waals surface area contributed by atoms with Crippen molar-refractivity contribution in [2.45, 2.75) is 84.5 Å². The van der Waals surface area contributed by atoms with Gasteiger partial charge in [0.05, 0.1) is 0 Å². The van der Waals surface area contributed by atoms with E-state index >= 15 is 0 Å². The zero-order valence-corrected chi connectivity index (χ0v) is 18.8. The molecule has 0 heterocycles. The summed E-state index contributed by atoms with van der Waals surface area (Å²) in [6.45, 7) is 9.47. The van der Waals surface area contributed by atoms with Crippen molar-refractivity contribution in [1.29, 1.82) is 0 Å². The second-order valence-electron chi connectivity index (χ2n) is 9.73. The van der Waals surface area contributed by atoms with Crippen molar-refractivity contribution < 1.29 is 0 Å². The Morgan fingerprint density at radius 1 is 0.929 bits per heavy atom. The third-order valence-electron chi connectivity index (χ3n) is 7.29. The zero-order chi connectivity index (χ0) is 19.8. The third kappa shape index (κ3) is 3.90. The number of benzene rings is 2. The maximum Gasteiger partial charge on any atom is 0.0479 e. The first-order valence-electron chi connectivity index (χ1n) is 11.4. The molecule has 0 bridgehead atoms. The summed E-state index contributed by atoms with van der Waals surface area (Å²) >= 11 is 7.03. The van der Waals surface area contributed by atoms with Gasteiger partial charge in [-0.15, -0.1) is 0 Å². The van der Waals surface area contributed by atoms with E-state index in [1.54, 1.807) is 11.1 Å². The van der Waals surface area contributed by atoms with E-state index in [4.69, 9.17) is 11.6 Å². The smallest absolute Gasteiger partial charge is 0.0479 e. The Bertz CT molecular complexity index is 822. The van der Waals surface area contributed by atoms with Crippen molar-refractivity contribution in [2.75, 3.05) is 0 Å². The molecule has 3 unspecified atom stereocenters. The van der Waals surface area contributed by atoms with Crippen LogP contribution in [0, 0.1) is 11.8 Å². The largest absolute Gasteiger partial charge is 0.0837 e. The fraction of sp³-hybridized carbons (Fsp3) is 0.556. The minimum Gasteiger partial charge on any atom is -0.0837 e. The Morgan fingerprint density at radius 2 is 1.57 bits per heavy atom. The SMILES string of the molecule is CCc1ccc(Cc2cc(C3CC(C)CC(C)C3)c3c(c2Cl)C(C)CC3)cc1. The number of fused-ring (bicyclic) bond motifs is 1. The molecular formula is C27H35Cl. The molecule has 0 radical (unpaired) electrons. The molecule has 2 aromatic carbocycles. The van der Waals surface area contributed by atoms with Gasteiger partial charge in [0.25, 0.3) is 0 Å². The lowest BCUT2D eigenvalue weighted by atomic mass is 9.72. The zero-order valence-electron chi connectivity index (χ0n) is 18.0. The fourth-order valence-electron chi connectivity index (χ4n) is 5.90. The minimum atomic E-state index is 0.599. The third-order valence-corrected chi connectivity index (χ3v) is 7.73. The molecule has 2 aliphatic carbocycles. The van der Waals surface area contributed by atoms with E-state index < -0.39 is 0 Å². The molecule has 0 aliphatic heterocycles. The molecule has 3 atom stereocenters. The summed E-state index contributed by atoms with van der Waals surface area (Å²) in [5, 5.41) is 1.06. The lowest BCUT2D eigenvalue weighted by molar-refractivity contribution is 0.267. The standard InChI is InChI=1S/C27H35Cl/c1-5-20-7-9-21(10-8-20)15-23-16-25(22-13-17(2)12-18(3)14-22)24-11-6-19(4)26(24)27(23)28/h7-10,16-19,22H,5-6,11-15H2,1-4H3.